The van der Waals surface area contributed by atoms with Crippen molar-refractivity contribution in [3.8, 4) is 22.3 Å². The third-order valence-corrected chi connectivity index (χ3v) is 13.1. The Hall–Kier alpha value is -6.64. The predicted octanol–water partition coefficient (Wildman–Crippen LogP) is 16.7. The molecular weight excluding hydrogens is 715 g/mol. The van der Waals surface area contributed by atoms with Crippen LogP contribution in [0.25, 0.3) is 71.3 Å². The van der Waals surface area contributed by atoms with Crippen LogP contribution >= 0.6 is 0 Å². The second kappa shape index (κ2) is 14.9. The number of fused-ring (bicyclic) bond motifs is 5. The van der Waals surface area contributed by atoms with Gasteiger partial charge in [-0.05, 0) is 117 Å². The Balaban J connectivity index is 1.19. The molecule has 0 radical (unpaired) electrons. The summed E-state index contributed by atoms with van der Waals surface area (Å²) in [7, 11) is 0. The zero-order valence-electron chi connectivity index (χ0n) is 33.6. The van der Waals surface area contributed by atoms with Crippen LogP contribution in [0.3, 0.4) is 0 Å². The summed E-state index contributed by atoms with van der Waals surface area (Å²) in [6.07, 6.45) is 14.4. The van der Waals surface area contributed by atoms with Gasteiger partial charge < -0.3 is 9.32 Å². The van der Waals surface area contributed by atoms with E-state index in [2.05, 4.69) is 194 Å². The maximum absolute atomic E-state index is 6.40. The molecule has 2 aliphatic rings. The Morgan fingerprint density at radius 3 is 1.83 bits per heavy atom. The maximum atomic E-state index is 6.40. The summed E-state index contributed by atoms with van der Waals surface area (Å²) in [5.74, 6) is 1.01. The second-order valence-corrected chi connectivity index (χ2v) is 16.6. The van der Waals surface area contributed by atoms with E-state index in [1.165, 1.54) is 92.6 Å². The van der Waals surface area contributed by atoms with Gasteiger partial charge in [-0.1, -0.05) is 172 Å². The van der Waals surface area contributed by atoms with Gasteiger partial charge in [-0.2, -0.15) is 0 Å². The highest BCUT2D eigenvalue weighted by Gasteiger charge is 2.26. The molecule has 0 bridgehead atoms. The highest BCUT2D eigenvalue weighted by atomic mass is 16.3. The van der Waals surface area contributed by atoms with Gasteiger partial charge >= 0.3 is 0 Å². The van der Waals surface area contributed by atoms with Crippen molar-refractivity contribution in [3.05, 3.63) is 193 Å². The molecule has 1 saturated carbocycles. The summed E-state index contributed by atoms with van der Waals surface area (Å²) in [5.41, 5.74) is 14.3. The van der Waals surface area contributed by atoms with Crippen molar-refractivity contribution in [2.45, 2.75) is 51.4 Å². The molecule has 2 nitrogen and oxygen atoms in total. The number of hydrogen-bond donors (Lipinski definition) is 0. The minimum atomic E-state index is 0.438. The summed E-state index contributed by atoms with van der Waals surface area (Å²) in [5, 5.41) is 7.49. The fourth-order valence-corrected chi connectivity index (χ4v) is 10.3. The van der Waals surface area contributed by atoms with Gasteiger partial charge in [0.05, 0.1) is 11.4 Å². The molecule has 1 atom stereocenters. The molecule has 0 amide bonds. The molecule has 286 valence electrons. The van der Waals surface area contributed by atoms with Gasteiger partial charge in [0.2, 0.25) is 0 Å². The van der Waals surface area contributed by atoms with Crippen molar-refractivity contribution in [2.75, 3.05) is 4.90 Å². The van der Waals surface area contributed by atoms with Gasteiger partial charge in [-0.15, -0.1) is 0 Å². The summed E-state index contributed by atoms with van der Waals surface area (Å²) in [6, 6.07) is 60.7. The lowest BCUT2D eigenvalue weighted by molar-refractivity contribution is 0.445. The van der Waals surface area contributed by atoms with E-state index in [4.69, 9.17) is 4.42 Å². The largest absolute Gasteiger partial charge is 0.456 e. The van der Waals surface area contributed by atoms with Crippen molar-refractivity contribution in [1.29, 1.82) is 0 Å². The van der Waals surface area contributed by atoms with E-state index in [1.807, 2.05) is 0 Å². The molecule has 11 rings (SSSR count). The molecule has 8 aromatic carbocycles. The summed E-state index contributed by atoms with van der Waals surface area (Å²) in [6.45, 7) is 2.35. The topological polar surface area (TPSA) is 16.4 Å². The first kappa shape index (κ1) is 35.5. The van der Waals surface area contributed by atoms with Gasteiger partial charge in [-0.3, -0.25) is 0 Å². The lowest BCUT2D eigenvalue weighted by Gasteiger charge is -2.31. The van der Waals surface area contributed by atoms with Gasteiger partial charge in [-0.25, -0.2) is 0 Å². The number of benzene rings is 8. The zero-order valence-corrected chi connectivity index (χ0v) is 33.6. The first-order valence-corrected chi connectivity index (χ1v) is 21.5. The number of hydrogen-bond acceptors (Lipinski definition) is 2. The van der Waals surface area contributed by atoms with Crippen molar-refractivity contribution < 1.29 is 4.42 Å². The molecule has 1 aromatic heterocycles. The minimum Gasteiger partial charge on any atom is -0.456 e. The monoisotopic (exact) mass is 761 g/mol. The lowest BCUT2D eigenvalue weighted by atomic mass is 9.80. The Labute approximate surface area is 346 Å². The van der Waals surface area contributed by atoms with Crippen LogP contribution in [0.5, 0.6) is 0 Å². The molecule has 1 unspecified atom stereocenters. The molecule has 0 spiro atoms. The highest BCUT2D eigenvalue weighted by molar-refractivity contribution is 6.10. The molecule has 2 aliphatic carbocycles. The van der Waals surface area contributed by atoms with Crippen molar-refractivity contribution in [1.82, 2.24) is 0 Å². The smallest absolute Gasteiger partial charge is 0.135 e. The molecule has 0 N–H and O–H groups in total. The number of nitrogens with zero attached hydrogens (tertiary/aromatic N) is 1. The van der Waals surface area contributed by atoms with Gasteiger partial charge in [0.25, 0.3) is 0 Å². The summed E-state index contributed by atoms with van der Waals surface area (Å²) >= 11 is 0. The van der Waals surface area contributed by atoms with Crippen LogP contribution in [0.2, 0.25) is 0 Å². The van der Waals surface area contributed by atoms with Crippen LogP contribution in [-0.2, 0) is 0 Å². The van der Waals surface area contributed by atoms with Gasteiger partial charge in [0.15, 0.2) is 0 Å². The molecule has 1 fully saturated rings. The Morgan fingerprint density at radius 1 is 0.508 bits per heavy atom. The van der Waals surface area contributed by atoms with E-state index in [9.17, 15) is 0 Å². The fourth-order valence-electron chi connectivity index (χ4n) is 10.3. The summed E-state index contributed by atoms with van der Waals surface area (Å²) < 4.78 is 6.40. The van der Waals surface area contributed by atoms with Crippen LogP contribution in [0.4, 0.5) is 17.1 Å². The van der Waals surface area contributed by atoms with Crippen LogP contribution in [-0.4, -0.2) is 0 Å². The predicted molar refractivity (Wildman–Crippen MR) is 251 cm³/mol. The zero-order chi connectivity index (χ0) is 39.3. The third kappa shape index (κ3) is 6.17. The fraction of sp³-hybridized carbons (Fsp3) is 0.158. The SMILES string of the molecule is CC1CC=CC=C1c1cccc2cccc(-c3ccccc3N(c3ccc4oc5ccccc5c4c3)c3ccccc3-c3cccc4cccc(C5CCCCC5)c34)c12. The third-order valence-electron chi connectivity index (χ3n) is 13.1. The Bertz CT molecular complexity index is 3090. The number of rotatable bonds is 7. The lowest BCUT2D eigenvalue weighted by Crippen LogP contribution is -2.13. The van der Waals surface area contributed by atoms with Gasteiger partial charge in [0, 0.05) is 27.6 Å². The standard InChI is InChI=1S/C57H47NO/c1-38-17-5-6-24-43(38)48-29-14-22-41-23-16-31-50(57(41)48)46-26-8-11-33-53(46)58(42-35-36-55-51(37-42)47-27-9-12-34-54(47)59-55)52-32-10-7-25-45(52)49-30-15-21-40-20-13-28-44(56(40)49)39-18-3-2-4-19-39/h5-16,20-39H,2-4,17-19H2,1H3. The van der Waals surface area contributed by atoms with Crippen molar-refractivity contribution >= 4 is 66.1 Å². The first-order valence-electron chi connectivity index (χ1n) is 21.5. The Kier molecular flexibility index (Phi) is 9.00. The van der Waals surface area contributed by atoms with Crippen molar-refractivity contribution in [2.24, 2.45) is 5.92 Å². The normalized spacial score (nSPS) is 15.9. The Morgan fingerprint density at radius 2 is 1.10 bits per heavy atom. The van der Waals surface area contributed by atoms with Crippen LogP contribution in [0.1, 0.15) is 62.5 Å². The molecule has 0 aliphatic heterocycles. The number of allylic oxidation sites excluding steroid dienone is 4. The van der Waals surface area contributed by atoms with Crippen LogP contribution in [0, 0.1) is 5.92 Å². The molecular formula is C57H47NO. The first-order chi connectivity index (χ1) is 29.2. The van der Waals surface area contributed by atoms with Crippen molar-refractivity contribution in [3.63, 3.8) is 0 Å². The van der Waals surface area contributed by atoms with E-state index < -0.39 is 0 Å². The molecule has 2 heteroatoms. The number of furan rings is 1. The van der Waals surface area contributed by atoms with Gasteiger partial charge in [0.1, 0.15) is 11.2 Å². The molecule has 1 heterocycles. The highest BCUT2D eigenvalue weighted by Crippen LogP contribution is 2.50. The average Bonchev–Trinajstić information content (AvgIpc) is 3.67. The second-order valence-electron chi connectivity index (χ2n) is 16.6. The van der Waals surface area contributed by atoms with E-state index in [1.54, 1.807) is 0 Å². The van der Waals surface area contributed by atoms with E-state index in [-0.39, 0.29) is 0 Å². The summed E-state index contributed by atoms with van der Waals surface area (Å²) in [4.78, 5) is 2.51. The average molecular weight is 762 g/mol. The molecule has 59 heavy (non-hydrogen) atoms. The van der Waals surface area contributed by atoms with E-state index >= 15 is 0 Å². The van der Waals surface area contributed by atoms with E-state index in [0.717, 1.165) is 45.4 Å². The quantitative estimate of drug-likeness (QED) is 0.161. The maximum Gasteiger partial charge on any atom is 0.135 e. The number of para-hydroxylation sites is 3. The van der Waals surface area contributed by atoms with Crippen LogP contribution in [0.15, 0.2) is 186 Å². The molecule has 0 saturated heterocycles. The van der Waals surface area contributed by atoms with E-state index in [0.29, 0.717) is 11.8 Å². The molecule has 9 aromatic rings. The number of anilines is 3. The minimum absolute atomic E-state index is 0.438. The van der Waals surface area contributed by atoms with Crippen LogP contribution < -0.4 is 4.90 Å².